The topological polar surface area (TPSA) is 92.2 Å². The first-order valence-corrected chi connectivity index (χ1v) is 10.4. The van der Waals surface area contributed by atoms with Crippen LogP contribution in [0.1, 0.15) is 53.3 Å². The van der Waals surface area contributed by atoms with Crippen LogP contribution in [0.3, 0.4) is 0 Å². The fourth-order valence-corrected chi connectivity index (χ4v) is 4.48. The molecule has 0 bridgehead atoms. The first kappa shape index (κ1) is 19.4. The molecule has 1 saturated carbocycles. The second kappa shape index (κ2) is 7.61. The number of nitrogens with zero attached hydrogens (tertiary/aromatic N) is 3. The molecule has 5 rings (SSSR count). The standard InChI is InChI=1S/C23H22FN5O2/c1-13-10-20-25-11-19(29(20)12-18(13)24)23(31)26-15-8-6-14(7-9-15)21-16-4-2-3-5-17(16)22(30)28-27-21/h2-5,10-12,14-15H,6-9H2,1H3,(H,26,31)(H,28,30)/t14-,15-. The van der Waals surface area contributed by atoms with Gasteiger partial charge in [0.05, 0.1) is 17.3 Å². The number of hydrogen-bond donors (Lipinski definition) is 2. The number of nitrogens with one attached hydrogen (secondary N) is 2. The Hall–Kier alpha value is -3.55. The van der Waals surface area contributed by atoms with Gasteiger partial charge in [0, 0.05) is 23.5 Å². The Morgan fingerprint density at radius 2 is 1.94 bits per heavy atom. The highest BCUT2D eigenvalue weighted by Gasteiger charge is 2.27. The Balaban J connectivity index is 1.30. The van der Waals surface area contributed by atoms with Gasteiger partial charge in [0.15, 0.2) is 0 Å². The lowest BCUT2D eigenvalue weighted by atomic mass is 9.82. The molecular weight excluding hydrogens is 397 g/mol. The molecule has 1 amide bonds. The van der Waals surface area contributed by atoms with Crippen molar-refractivity contribution in [2.45, 2.75) is 44.6 Å². The van der Waals surface area contributed by atoms with Crippen LogP contribution < -0.4 is 10.9 Å². The van der Waals surface area contributed by atoms with E-state index in [-0.39, 0.29) is 29.2 Å². The van der Waals surface area contributed by atoms with Gasteiger partial charge in [-0.15, -0.1) is 0 Å². The van der Waals surface area contributed by atoms with Gasteiger partial charge in [-0.1, -0.05) is 18.2 Å². The summed E-state index contributed by atoms with van der Waals surface area (Å²) in [5.74, 6) is -0.407. The van der Waals surface area contributed by atoms with Crippen LogP contribution in [0.5, 0.6) is 0 Å². The molecule has 31 heavy (non-hydrogen) atoms. The van der Waals surface area contributed by atoms with Crippen molar-refractivity contribution in [2.24, 2.45) is 0 Å². The van der Waals surface area contributed by atoms with Crippen molar-refractivity contribution in [1.82, 2.24) is 24.9 Å². The number of H-pyrrole nitrogens is 1. The molecule has 0 radical (unpaired) electrons. The molecule has 3 aromatic heterocycles. The normalized spacial score (nSPS) is 19.0. The summed E-state index contributed by atoms with van der Waals surface area (Å²) in [6.45, 7) is 1.67. The Morgan fingerprint density at radius 1 is 1.19 bits per heavy atom. The van der Waals surface area contributed by atoms with Crippen LogP contribution in [0.15, 0.2) is 47.5 Å². The van der Waals surface area contributed by atoms with Crippen molar-refractivity contribution in [2.75, 3.05) is 0 Å². The number of hydrogen-bond acceptors (Lipinski definition) is 4. The number of aromatic amines is 1. The lowest BCUT2D eigenvalue weighted by Gasteiger charge is -2.29. The zero-order valence-corrected chi connectivity index (χ0v) is 17.1. The number of pyridine rings is 1. The van der Waals surface area contributed by atoms with E-state index in [1.165, 1.54) is 16.8 Å². The number of fused-ring (bicyclic) bond motifs is 2. The van der Waals surface area contributed by atoms with Crippen LogP contribution in [0.2, 0.25) is 0 Å². The van der Waals surface area contributed by atoms with Crippen LogP contribution in [0, 0.1) is 12.7 Å². The molecule has 0 aliphatic heterocycles. The van der Waals surface area contributed by atoms with E-state index in [2.05, 4.69) is 20.5 Å². The van der Waals surface area contributed by atoms with E-state index in [4.69, 9.17) is 0 Å². The molecule has 1 aromatic carbocycles. The maximum Gasteiger partial charge on any atom is 0.272 e. The van der Waals surface area contributed by atoms with Crippen molar-refractivity contribution in [3.05, 3.63) is 75.8 Å². The molecular formula is C23H22FN5O2. The van der Waals surface area contributed by atoms with Crippen molar-refractivity contribution in [3.8, 4) is 0 Å². The number of halogens is 1. The third-order valence-corrected chi connectivity index (χ3v) is 6.20. The second-order valence-corrected chi connectivity index (χ2v) is 8.18. The zero-order chi connectivity index (χ0) is 21.5. The molecule has 0 saturated heterocycles. The van der Waals surface area contributed by atoms with E-state index >= 15 is 0 Å². The zero-order valence-electron chi connectivity index (χ0n) is 17.1. The maximum atomic E-state index is 14.0. The highest BCUT2D eigenvalue weighted by molar-refractivity contribution is 5.93. The molecule has 3 heterocycles. The van der Waals surface area contributed by atoms with Gasteiger partial charge in [-0.3, -0.25) is 14.0 Å². The second-order valence-electron chi connectivity index (χ2n) is 8.18. The fourth-order valence-electron chi connectivity index (χ4n) is 4.48. The largest absolute Gasteiger partial charge is 0.348 e. The number of carbonyl (C=O) groups excluding carboxylic acids is 1. The van der Waals surface area contributed by atoms with E-state index in [9.17, 15) is 14.0 Å². The van der Waals surface area contributed by atoms with E-state index in [1.54, 1.807) is 13.0 Å². The van der Waals surface area contributed by atoms with Gasteiger partial charge in [0.1, 0.15) is 17.2 Å². The van der Waals surface area contributed by atoms with Gasteiger partial charge >= 0.3 is 0 Å². The Kier molecular flexibility index (Phi) is 4.77. The van der Waals surface area contributed by atoms with Crippen LogP contribution in [-0.4, -0.2) is 31.5 Å². The Morgan fingerprint density at radius 3 is 2.71 bits per heavy atom. The first-order chi connectivity index (χ1) is 15.0. The minimum absolute atomic E-state index is 0.0265. The minimum atomic E-state index is -0.374. The lowest BCUT2D eigenvalue weighted by Crippen LogP contribution is -2.38. The molecule has 158 valence electrons. The average Bonchev–Trinajstić information content (AvgIpc) is 3.18. The third-order valence-electron chi connectivity index (χ3n) is 6.20. The highest BCUT2D eigenvalue weighted by Crippen LogP contribution is 2.34. The molecule has 1 aliphatic rings. The van der Waals surface area contributed by atoms with Crippen LogP contribution in [0.4, 0.5) is 4.39 Å². The van der Waals surface area contributed by atoms with Gasteiger partial charge in [-0.2, -0.15) is 5.10 Å². The summed E-state index contributed by atoms with van der Waals surface area (Å²) in [6.07, 6.45) is 6.09. The number of benzene rings is 1. The molecule has 0 unspecified atom stereocenters. The molecule has 2 N–H and O–H groups in total. The number of rotatable bonds is 3. The summed E-state index contributed by atoms with van der Waals surface area (Å²) in [4.78, 5) is 29.1. The SMILES string of the molecule is Cc1cc2ncc(C(=O)N[C@H]3CC[C@H](c4n[nH]c(=O)c5ccccc54)CC3)n2cc1F. The van der Waals surface area contributed by atoms with Crippen molar-refractivity contribution in [1.29, 1.82) is 0 Å². The predicted octanol–water partition coefficient (Wildman–Crippen LogP) is 3.47. The summed E-state index contributed by atoms with van der Waals surface area (Å²) in [5, 5.41) is 11.6. The summed E-state index contributed by atoms with van der Waals surface area (Å²) in [6, 6.07) is 9.16. The fraction of sp³-hybridized carbons (Fsp3) is 0.304. The summed E-state index contributed by atoms with van der Waals surface area (Å²) < 4.78 is 15.4. The number of aryl methyl sites for hydroxylation is 1. The van der Waals surface area contributed by atoms with Crippen molar-refractivity contribution < 1.29 is 9.18 Å². The van der Waals surface area contributed by atoms with Crippen molar-refractivity contribution in [3.63, 3.8) is 0 Å². The van der Waals surface area contributed by atoms with Gasteiger partial charge in [0.25, 0.3) is 11.5 Å². The van der Waals surface area contributed by atoms with Gasteiger partial charge < -0.3 is 5.32 Å². The quantitative estimate of drug-likeness (QED) is 0.532. The van der Waals surface area contributed by atoms with E-state index < -0.39 is 0 Å². The van der Waals surface area contributed by atoms with E-state index in [1.807, 2.05) is 24.3 Å². The molecule has 7 nitrogen and oxygen atoms in total. The number of carbonyl (C=O) groups is 1. The number of imidazole rings is 1. The van der Waals surface area contributed by atoms with Gasteiger partial charge in [-0.25, -0.2) is 14.5 Å². The number of amides is 1. The minimum Gasteiger partial charge on any atom is -0.348 e. The summed E-state index contributed by atoms with van der Waals surface area (Å²) in [5.41, 5.74) is 2.09. The van der Waals surface area contributed by atoms with Crippen molar-refractivity contribution >= 4 is 22.3 Å². The van der Waals surface area contributed by atoms with E-state index in [0.717, 1.165) is 36.8 Å². The van der Waals surface area contributed by atoms with Crippen LogP contribution in [-0.2, 0) is 0 Å². The first-order valence-electron chi connectivity index (χ1n) is 10.4. The summed E-state index contributed by atoms with van der Waals surface area (Å²) in [7, 11) is 0. The number of aromatic nitrogens is 4. The molecule has 4 aromatic rings. The monoisotopic (exact) mass is 419 g/mol. The van der Waals surface area contributed by atoms with Gasteiger partial charge in [-0.05, 0) is 50.3 Å². The third kappa shape index (κ3) is 3.48. The molecule has 1 fully saturated rings. The average molecular weight is 419 g/mol. The smallest absolute Gasteiger partial charge is 0.272 e. The van der Waals surface area contributed by atoms with E-state index in [0.29, 0.717) is 22.3 Å². The maximum absolute atomic E-state index is 14.0. The Labute approximate surface area is 177 Å². The molecule has 1 aliphatic carbocycles. The molecule has 0 spiro atoms. The molecule has 8 heteroatoms. The Bertz CT molecular complexity index is 1350. The van der Waals surface area contributed by atoms with Gasteiger partial charge in [0.2, 0.25) is 0 Å². The molecule has 0 atom stereocenters. The highest BCUT2D eigenvalue weighted by atomic mass is 19.1. The lowest BCUT2D eigenvalue weighted by molar-refractivity contribution is 0.0919. The van der Waals surface area contributed by atoms with Crippen LogP contribution in [0.25, 0.3) is 16.4 Å². The summed E-state index contributed by atoms with van der Waals surface area (Å²) >= 11 is 0. The predicted molar refractivity (Wildman–Crippen MR) is 115 cm³/mol. The van der Waals surface area contributed by atoms with Crippen LogP contribution >= 0.6 is 0 Å².